The maximum atomic E-state index is 11.7. The van der Waals surface area contributed by atoms with Gasteiger partial charge in [-0.25, -0.2) is 9.59 Å². The Morgan fingerprint density at radius 3 is 1.89 bits per heavy atom. The maximum absolute atomic E-state index is 11.7. The van der Waals surface area contributed by atoms with Crippen molar-refractivity contribution in [2.75, 3.05) is 6.61 Å². The summed E-state index contributed by atoms with van der Waals surface area (Å²) in [6.07, 6.45) is 1.68. The second kappa shape index (κ2) is 10.6. The summed E-state index contributed by atoms with van der Waals surface area (Å²) in [6, 6.07) is 18.5. The molecule has 0 amide bonds. The average Bonchev–Trinajstić information content (AvgIpc) is 3.35. The van der Waals surface area contributed by atoms with Crippen LogP contribution in [0, 0.1) is 0 Å². The van der Waals surface area contributed by atoms with Crippen molar-refractivity contribution in [3.8, 4) is 22.8 Å². The highest BCUT2D eigenvalue weighted by atomic mass is 16.5. The predicted molar refractivity (Wildman–Crippen MR) is 132 cm³/mol. The standard InChI is InChI=1S/C29H28O6/c1-18(2)28(30)33-23-10-5-20(6-11-23)22-9-14-26(32-17-22)27-16-15-25(35-27)21-7-12-24(13-8-21)34-29(31)19(3)4/h5-8,10-13,15-16,22,26H,1,3,9,14,17H2,2,4H3. The first-order chi connectivity index (χ1) is 16.8. The molecule has 1 aromatic heterocycles. The van der Waals surface area contributed by atoms with Gasteiger partial charge in [-0.2, -0.15) is 0 Å². The van der Waals surface area contributed by atoms with Gasteiger partial charge < -0.3 is 18.6 Å². The fraction of sp³-hybridized carbons (Fsp3) is 0.241. The largest absolute Gasteiger partial charge is 0.458 e. The zero-order valence-electron chi connectivity index (χ0n) is 19.9. The van der Waals surface area contributed by atoms with E-state index in [1.165, 1.54) is 0 Å². The van der Waals surface area contributed by atoms with Gasteiger partial charge in [0.2, 0.25) is 0 Å². The minimum absolute atomic E-state index is 0.105. The zero-order valence-corrected chi connectivity index (χ0v) is 19.9. The quantitative estimate of drug-likeness (QED) is 0.221. The molecule has 6 heteroatoms. The van der Waals surface area contributed by atoms with Gasteiger partial charge >= 0.3 is 11.9 Å². The summed E-state index contributed by atoms with van der Waals surface area (Å²) in [5.74, 6) is 1.86. The maximum Gasteiger partial charge on any atom is 0.338 e. The molecular formula is C29H28O6. The Balaban J connectivity index is 1.33. The molecule has 35 heavy (non-hydrogen) atoms. The minimum Gasteiger partial charge on any atom is -0.458 e. The average molecular weight is 473 g/mol. The number of carbonyl (C=O) groups excluding carboxylic acids is 2. The molecule has 0 N–H and O–H groups in total. The molecular weight excluding hydrogens is 444 g/mol. The van der Waals surface area contributed by atoms with E-state index in [0.717, 1.165) is 35.5 Å². The van der Waals surface area contributed by atoms with Crippen LogP contribution in [0.1, 0.15) is 50.0 Å². The van der Waals surface area contributed by atoms with Crippen LogP contribution in [0.4, 0.5) is 0 Å². The molecule has 6 nitrogen and oxygen atoms in total. The third kappa shape index (κ3) is 5.97. The second-order valence-electron chi connectivity index (χ2n) is 8.73. The molecule has 1 saturated heterocycles. The third-order valence-electron chi connectivity index (χ3n) is 5.83. The number of benzene rings is 2. The van der Waals surface area contributed by atoms with Crippen molar-refractivity contribution in [1.29, 1.82) is 0 Å². The molecule has 0 radical (unpaired) electrons. The molecule has 2 atom stereocenters. The van der Waals surface area contributed by atoms with Gasteiger partial charge in [-0.05, 0) is 80.8 Å². The van der Waals surface area contributed by atoms with Crippen LogP contribution in [0.2, 0.25) is 0 Å². The first-order valence-corrected chi connectivity index (χ1v) is 11.5. The van der Waals surface area contributed by atoms with E-state index in [1.807, 2.05) is 36.4 Å². The summed E-state index contributed by atoms with van der Waals surface area (Å²) in [5.41, 5.74) is 2.74. The Kier molecular flexibility index (Phi) is 7.32. The Labute approximate surface area is 204 Å². The normalized spacial score (nSPS) is 17.4. The highest BCUT2D eigenvalue weighted by Gasteiger charge is 2.26. The minimum atomic E-state index is -0.451. The Bertz CT molecular complexity index is 1220. The number of esters is 2. The molecule has 0 spiro atoms. The van der Waals surface area contributed by atoms with E-state index in [2.05, 4.69) is 13.2 Å². The SMILES string of the molecule is C=C(C)C(=O)Oc1ccc(-c2ccc(C3CCC(c4ccc(OC(=O)C(=C)C)cc4)CO3)o2)cc1. The Morgan fingerprint density at radius 1 is 0.800 bits per heavy atom. The third-order valence-corrected chi connectivity index (χ3v) is 5.83. The predicted octanol–water partition coefficient (Wildman–Crippen LogP) is 6.54. The molecule has 3 aromatic rings. The molecule has 4 rings (SSSR count). The van der Waals surface area contributed by atoms with Crippen LogP contribution >= 0.6 is 0 Å². The van der Waals surface area contributed by atoms with Gasteiger partial charge in [0.25, 0.3) is 0 Å². The van der Waals surface area contributed by atoms with Crippen LogP contribution in [0.15, 0.2) is 89.4 Å². The summed E-state index contributed by atoms with van der Waals surface area (Å²) in [7, 11) is 0. The van der Waals surface area contributed by atoms with Crippen LogP contribution in [0.25, 0.3) is 11.3 Å². The molecule has 2 heterocycles. The van der Waals surface area contributed by atoms with Gasteiger partial charge in [0, 0.05) is 22.6 Å². The Morgan fingerprint density at radius 2 is 1.37 bits per heavy atom. The number of carbonyl (C=O) groups is 2. The lowest BCUT2D eigenvalue weighted by Gasteiger charge is -2.28. The molecule has 0 bridgehead atoms. The summed E-state index contributed by atoms with van der Waals surface area (Å²) in [4.78, 5) is 23.3. The molecule has 2 unspecified atom stereocenters. The molecule has 1 aliphatic rings. The fourth-order valence-electron chi connectivity index (χ4n) is 3.80. The highest BCUT2D eigenvalue weighted by molar-refractivity contribution is 5.89. The van der Waals surface area contributed by atoms with Crippen LogP contribution in [0.5, 0.6) is 11.5 Å². The van der Waals surface area contributed by atoms with Gasteiger partial charge in [-0.1, -0.05) is 25.3 Å². The van der Waals surface area contributed by atoms with Crippen molar-refractivity contribution in [3.05, 3.63) is 96.3 Å². The zero-order chi connectivity index (χ0) is 24.9. The van der Waals surface area contributed by atoms with E-state index >= 15 is 0 Å². The summed E-state index contributed by atoms with van der Waals surface area (Å²) < 4.78 is 22.7. The number of furan rings is 1. The fourth-order valence-corrected chi connectivity index (χ4v) is 3.80. The van der Waals surface area contributed by atoms with E-state index < -0.39 is 11.9 Å². The van der Waals surface area contributed by atoms with Crippen LogP contribution < -0.4 is 9.47 Å². The first kappa shape index (κ1) is 24.2. The monoisotopic (exact) mass is 472 g/mol. The summed E-state index contributed by atoms with van der Waals surface area (Å²) in [6.45, 7) is 11.0. The van der Waals surface area contributed by atoms with Crippen molar-refractivity contribution >= 4 is 11.9 Å². The molecule has 180 valence electrons. The van der Waals surface area contributed by atoms with Crippen molar-refractivity contribution < 1.29 is 28.2 Å². The molecule has 2 aromatic carbocycles. The number of hydrogen-bond donors (Lipinski definition) is 0. The second-order valence-corrected chi connectivity index (χ2v) is 8.73. The molecule has 1 fully saturated rings. The van der Waals surface area contributed by atoms with Crippen molar-refractivity contribution in [1.82, 2.24) is 0 Å². The first-order valence-electron chi connectivity index (χ1n) is 11.5. The van der Waals surface area contributed by atoms with Gasteiger partial charge in [0.05, 0.1) is 6.61 Å². The number of hydrogen-bond acceptors (Lipinski definition) is 6. The van der Waals surface area contributed by atoms with E-state index in [4.69, 9.17) is 18.6 Å². The Hall–Kier alpha value is -3.90. The van der Waals surface area contributed by atoms with Gasteiger partial charge in [0.15, 0.2) is 0 Å². The topological polar surface area (TPSA) is 75.0 Å². The lowest BCUT2D eigenvalue weighted by Crippen LogP contribution is -2.19. The summed E-state index contributed by atoms with van der Waals surface area (Å²) >= 11 is 0. The van der Waals surface area contributed by atoms with E-state index in [0.29, 0.717) is 29.3 Å². The van der Waals surface area contributed by atoms with E-state index in [-0.39, 0.29) is 12.0 Å². The molecule has 0 saturated carbocycles. The van der Waals surface area contributed by atoms with E-state index in [1.54, 1.807) is 38.1 Å². The van der Waals surface area contributed by atoms with Crippen LogP contribution in [-0.2, 0) is 14.3 Å². The van der Waals surface area contributed by atoms with Gasteiger partial charge in [0.1, 0.15) is 29.1 Å². The van der Waals surface area contributed by atoms with Crippen molar-refractivity contribution in [2.24, 2.45) is 0 Å². The van der Waals surface area contributed by atoms with Crippen LogP contribution in [0.3, 0.4) is 0 Å². The summed E-state index contributed by atoms with van der Waals surface area (Å²) in [5, 5.41) is 0. The van der Waals surface area contributed by atoms with Crippen LogP contribution in [-0.4, -0.2) is 18.5 Å². The lowest BCUT2D eigenvalue weighted by atomic mass is 9.91. The van der Waals surface area contributed by atoms with Gasteiger partial charge in [-0.15, -0.1) is 0 Å². The smallest absolute Gasteiger partial charge is 0.338 e. The molecule has 1 aliphatic heterocycles. The van der Waals surface area contributed by atoms with Crippen molar-refractivity contribution in [3.63, 3.8) is 0 Å². The number of rotatable bonds is 7. The molecule has 0 aliphatic carbocycles. The van der Waals surface area contributed by atoms with E-state index in [9.17, 15) is 9.59 Å². The lowest BCUT2D eigenvalue weighted by molar-refractivity contribution is -0.130. The van der Waals surface area contributed by atoms with Gasteiger partial charge in [-0.3, -0.25) is 0 Å². The number of ether oxygens (including phenoxy) is 3. The van der Waals surface area contributed by atoms with Crippen molar-refractivity contribution in [2.45, 2.75) is 38.7 Å². The highest BCUT2D eigenvalue weighted by Crippen LogP contribution is 2.37.